The summed E-state index contributed by atoms with van der Waals surface area (Å²) in [5.74, 6) is 0.368. The summed E-state index contributed by atoms with van der Waals surface area (Å²) >= 11 is 8.56. The Morgan fingerprint density at radius 1 is 1.25 bits per heavy atom. The Labute approximate surface area is 152 Å². The average molecular weight is 405 g/mol. The number of carbonyl (C=O) groups excluding carboxylic acids is 1. The van der Waals surface area contributed by atoms with Crippen molar-refractivity contribution in [2.24, 2.45) is 5.10 Å². The van der Waals surface area contributed by atoms with Crippen molar-refractivity contribution in [1.29, 1.82) is 0 Å². The molecule has 0 bridgehead atoms. The summed E-state index contributed by atoms with van der Waals surface area (Å²) in [6.45, 7) is 0. The fraction of sp³-hybridized carbons (Fsp3) is 0.0625. The minimum atomic E-state index is -0.294. The summed E-state index contributed by atoms with van der Waals surface area (Å²) in [6, 6.07) is 12.8. The highest BCUT2D eigenvalue weighted by Gasteiger charge is 2.26. The van der Waals surface area contributed by atoms with Crippen LogP contribution < -0.4 is 20.8 Å². The molecule has 2 aromatic rings. The van der Waals surface area contributed by atoms with Gasteiger partial charge in [0.05, 0.1) is 12.8 Å². The molecule has 0 saturated carbocycles. The molecule has 8 heteroatoms. The van der Waals surface area contributed by atoms with Gasteiger partial charge in [-0.05, 0) is 48.6 Å². The fourth-order valence-corrected chi connectivity index (χ4v) is 2.60. The van der Waals surface area contributed by atoms with E-state index in [1.54, 1.807) is 25.3 Å². The largest absolute Gasteiger partial charge is 0.497 e. The van der Waals surface area contributed by atoms with Crippen LogP contribution in [0.4, 0.5) is 11.4 Å². The molecule has 6 nitrogen and oxygen atoms in total. The second-order valence-corrected chi connectivity index (χ2v) is 6.22. The molecular formula is C16H13BrN4O2S. The first kappa shape index (κ1) is 16.4. The first-order valence-electron chi connectivity index (χ1n) is 6.97. The van der Waals surface area contributed by atoms with Gasteiger partial charge in [0.2, 0.25) is 0 Å². The summed E-state index contributed by atoms with van der Waals surface area (Å²) in [4.78, 5) is 12.0. The van der Waals surface area contributed by atoms with Crippen LogP contribution in [0.15, 0.2) is 52.0 Å². The summed E-state index contributed by atoms with van der Waals surface area (Å²) in [7, 11) is 1.57. The predicted molar refractivity (Wildman–Crippen MR) is 102 cm³/mol. The number of hydrogen-bond acceptors (Lipinski definition) is 4. The maximum absolute atomic E-state index is 12.0. The number of halogens is 1. The third-order valence-electron chi connectivity index (χ3n) is 3.32. The van der Waals surface area contributed by atoms with Crippen molar-refractivity contribution >= 4 is 56.3 Å². The number of amides is 1. The van der Waals surface area contributed by atoms with E-state index in [-0.39, 0.29) is 11.6 Å². The van der Waals surface area contributed by atoms with Crippen LogP contribution in [0.1, 0.15) is 5.56 Å². The van der Waals surface area contributed by atoms with E-state index in [4.69, 9.17) is 17.0 Å². The van der Waals surface area contributed by atoms with Crippen molar-refractivity contribution in [3.05, 3.63) is 52.5 Å². The number of hydrogen-bond donors (Lipinski definition) is 3. The van der Waals surface area contributed by atoms with Crippen LogP contribution in [0.2, 0.25) is 0 Å². The lowest BCUT2D eigenvalue weighted by Gasteiger charge is -2.07. The number of ether oxygens (including phenoxy) is 1. The third-order valence-corrected chi connectivity index (χ3v) is 4.04. The number of nitrogens with one attached hydrogen (secondary N) is 3. The minimum absolute atomic E-state index is 0.271. The molecule has 0 radical (unpaired) electrons. The van der Waals surface area contributed by atoms with Crippen LogP contribution in [0.5, 0.6) is 5.75 Å². The lowest BCUT2D eigenvalue weighted by atomic mass is 10.1. The van der Waals surface area contributed by atoms with E-state index in [9.17, 15) is 4.79 Å². The number of thiocarbonyl (C=S) groups is 1. The van der Waals surface area contributed by atoms with Gasteiger partial charge in [-0.2, -0.15) is 5.10 Å². The van der Waals surface area contributed by atoms with Crippen molar-refractivity contribution in [3.8, 4) is 5.75 Å². The molecule has 0 spiro atoms. The molecule has 1 heterocycles. The van der Waals surface area contributed by atoms with Gasteiger partial charge < -0.3 is 15.4 Å². The van der Waals surface area contributed by atoms with E-state index >= 15 is 0 Å². The molecule has 0 aliphatic carbocycles. The Hall–Kier alpha value is -2.45. The summed E-state index contributed by atoms with van der Waals surface area (Å²) in [6.07, 6.45) is 0. The molecule has 3 N–H and O–H groups in total. The Bertz CT molecular complexity index is 836. The van der Waals surface area contributed by atoms with Gasteiger partial charge in [-0.3, -0.25) is 10.2 Å². The van der Waals surface area contributed by atoms with Crippen LogP contribution in [0.3, 0.4) is 0 Å². The van der Waals surface area contributed by atoms with Gasteiger partial charge in [-0.15, -0.1) is 0 Å². The van der Waals surface area contributed by atoms with E-state index in [0.29, 0.717) is 22.1 Å². The molecule has 2 aromatic carbocycles. The van der Waals surface area contributed by atoms with E-state index in [0.717, 1.165) is 10.2 Å². The number of carbonyl (C=O) groups is 1. The fourth-order valence-electron chi connectivity index (χ4n) is 2.17. The molecule has 3 rings (SSSR count). The quantitative estimate of drug-likeness (QED) is 0.541. The van der Waals surface area contributed by atoms with E-state index < -0.39 is 0 Å². The van der Waals surface area contributed by atoms with E-state index in [1.807, 2.05) is 24.3 Å². The molecule has 122 valence electrons. The van der Waals surface area contributed by atoms with Crippen LogP contribution in [-0.2, 0) is 4.79 Å². The Balaban J connectivity index is 1.72. The molecule has 0 atom stereocenters. The smallest absolute Gasteiger partial charge is 0.276 e. The predicted octanol–water partition coefficient (Wildman–Crippen LogP) is 3.10. The van der Waals surface area contributed by atoms with Crippen LogP contribution in [0.25, 0.3) is 0 Å². The molecule has 1 amide bonds. The Morgan fingerprint density at radius 3 is 2.71 bits per heavy atom. The third kappa shape index (κ3) is 3.55. The maximum Gasteiger partial charge on any atom is 0.276 e. The Morgan fingerprint density at radius 2 is 2.00 bits per heavy atom. The van der Waals surface area contributed by atoms with Gasteiger partial charge in [0.1, 0.15) is 5.75 Å². The molecule has 0 aromatic heterocycles. The standard InChI is InChI=1S/C16H13BrN4O2S/c1-23-11-6-7-12-13(8-11)19-15(22)14(12)20-21-16(24)18-10-4-2-9(17)3-5-10/h2-8H,1H3,(H2,18,21,24)(H,19,20,22). The number of anilines is 2. The molecule has 0 fully saturated rings. The topological polar surface area (TPSA) is 74.8 Å². The Kier molecular flexibility index (Phi) is 4.77. The zero-order valence-corrected chi connectivity index (χ0v) is 15.0. The SMILES string of the molecule is COc1ccc2c(c1)NC(=O)/C2=N\NC(=S)Nc1ccc(Br)cc1. The number of hydrazone groups is 1. The lowest BCUT2D eigenvalue weighted by Crippen LogP contribution is -2.27. The van der Waals surface area contributed by atoms with Crippen LogP contribution >= 0.6 is 28.1 Å². The van der Waals surface area contributed by atoms with Crippen molar-refractivity contribution in [3.63, 3.8) is 0 Å². The van der Waals surface area contributed by atoms with E-state index in [1.165, 1.54) is 0 Å². The molecule has 0 unspecified atom stereocenters. The average Bonchev–Trinajstić information content (AvgIpc) is 2.89. The van der Waals surface area contributed by atoms with Gasteiger partial charge in [0.25, 0.3) is 5.91 Å². The highest BCUT2D eigenvalue weighted by atomic mass is 79.9. The molecule has 0 saturated heterocycles. The molecule has 1 aliphatic rings. The minimum Gasteiger partial charge on any atom is -0.497 e. The molecular weight excluding hydrogens is 392 g/mol. The van der Waals surface area contributed by atoms with Crippen LogP contribution in [-0.4, -0.2) is 23.8 Å². The normalized spacial score (nSPS) is 14.1. The second kappa shape index (κ2) is 6.98. The van der Waals surface area contributed by atoms with Gasteiger partial charge in [0, 0.05) is 21.8 Å². The zero-order chi connectivity index (χ0) is 17.1. The zero-order valence-electron chi connectivity index (χ0n) is 12.6. The summed E-state index contributed by atoms with van der Waals surface area (Å²) in [5.41, 5.74) is 5.13. The first-order chi connectivity index (χ1) is 11.6. The maximum atomic E-state index is 12.0. The highest BCUT2D eigenvalue weighted by Crippen LogP contribution is 2.27. The van der Waals surface area contributed by atoms with Gasteiger partial charge in [-0.25, -0.2) is 0 Å². The van der Waals surface area contributed by atoms with Crippen molar-refractivity contribution in [2.75, 3.05) is 17.7 Å². The second-order valence-electron chi connectivity index (χ2n) is 4.90. The molecule has 1 aliphatic heterocycles. The first-order valence-corrected chi connectivity index (χ1v) is 8.17. The summed E-state index contributed by atoms with van der Waals surface area (Å²) in [5, 5.41) is 10.1. The highest BCUT2D eigenvalue weighted by molar-refractivity contribution is 9.10. The monoisotopic (exact) mass is 404 g/mol. The van der Waals surface area contributed by atoms with Crippen LogP contribution in [0, 0.1) is 0 Å². The molecule has 24 heavy (non-hydrogen) atoms. The van der Waals surface area contributed by atoms with Gasteiger partial charge in [0.15, 0.2) is 10.8 Å². The summed E-state index contributed by atoms with van der Waals surface area (Å²) < 4.78 is 6.12. The van der Waals surface area contributed by atoms with Crippen molar-refractivity contribution < 1.29 is 9.53 Å². The number of benzene rings is 2. The van der Waals surface area contributed by atoms with E-state index in [2.05, 4.69) is 37.1 Å². The van der Waals surface area contributed by atoms with Gasteiger partial charge in [-0.1, -0.05) is 15.9 Å². The van der Waals surface area contributed by atoms with Gasteiger partial charge >= 0.3 is 0 Å². The number of nitrogens with zero attached hydrogens (tertiary/aromatic N) is 1. The number of rotatable bonds is 3. The lowest BCUT2D eigenvalue weighted by molar-refractivity contribution is -0.110. The number of methoxy groups -OCH3 is 1. The van der Waals surface area contributed by atoms with Crippen molar-refractivity contribution in [2.45, 2.75) is 0 Å². The van der Waals surface area contributed by atoms with Crippen molar-refractivity contribution in [1.82, 2.24) is 5.43 Å². The number of fused-ring (bicyclic) bond motifs is 1.